The summed E-state index contributed by atoms with van der Waals surface area (Å²) in [7, 11) is 6.89. The third-order valence-electron chi connectivity index (χ3n) is 11.8. The van der Waals surface area contributed by atoms with Crippen LogP contribution in [0.3, 0.4) is 0 Å². The number of nitrogens with zero attached hydrogens (tertiary/aromatic N) is 3. The molecule has 0 aromatic rings. The summed E-state index contributed by atoms with van der Waals surface area (Å²) in [5.74, 6) is -2.82. The highest BCUT2D eigenvalue weighted by Gasteiger charge is 2.56. The summed E-state index contributed by atoms with van der Waals surface area (Å²) in [6, 6.07) is -0.276. The molecule has 4 saturated heterocycles. The molecule has 0 aromatic heterocycles. The number of alkyl halides is 1. The number of rotatable bonds is 6. The first-order chi connectivity index (χ1) is 23.1. The normalized spacial score (nSPS) is 48.6. The van der Waals surface area contributed by atoms with E-state index >= 15 is 4.39 Å². The third kappa shape index (κ3) is 8.18. The van der Waals surface area contributed by atoms with E-state index in [2.05, 4.69) is 0 Å². The van der Waals surface area contributed by atoms with Crippen LogP contribution in [-0.4, -0.2) is 161 Å². The first-order valence-corrected chi connectivity index (χ1v) is 18.2. The second kappa shape index (κ2) is 15.5. The first kappa shape index (κ1) is 41.3. The van der Waals surface area contributed by atoms with Crippen LogP contribution in [0, 0.1) is 17.8 Å². The third-order valence-corrected chi connectivity index (χ3v) is 11.8. The Morgan fingerprint density at radius 2 is 1.60 bits per heavy atom. The summed E-state index contributed by atoms with van der Waals surface area (Å²) in [5.41, 5.74) is -4.02. The van der Waals surface area contributed by atoms with E-state index in [0.717, 1.165) is 0 Å². The van der Waals surface area contributed by atoms with E-state index in [1.54, 1.807) is 41.7 Å². The average molecular weight is 718 g/mol. The molecule has 0 saturated carbocycles. The summed E-state index contributed by atoms with van der Waals surface area (Å²) in [5, 5.41) is 34.8. The second-order valence-electron chi connectivity index (χ2n) is 16.7. The van der Waals surface area contributed by atoms with Crippen molar-refractivity contribution in [3.63, 3.8) is 0 Å². The quantitative estimate of drug-likeness (QED) is 0.370. The highest BCUT2D eigenvalue weighted by atomic mass is 19.1. The highest BCUT2D eigenvalue weighted by Crippen LogP contribution is 2.42. The fraction of sp³-hybridized carbons (Fsp3) is 0.944. The van der Waals surface area contributed by atoms with Gasteiger partial charge >= 0.3 is 0 Å². The number of aliphatic hydroxyl groups is 3. The Kier molecular flexibility index (Phi) is 12.8. The van der Waals surface area contributed by atoms with Gasteiger partial charge in [0.1, 0.15) is 23.9 Å². The number of aliphatic hydroxyl groups excluding tert-OH is 2. The van der Waals surface area contributed by atoms with Crippen LogP contribution in [-0.2, 0) is 33.3 Å². The van der Waals surface area contributed by atoms with Crippen molar-refractivity contribution in [3.8, 4) is 0 Å². The van der Waals surface area contributed by atoms with Gasteiger partial charge in [-0.2, -0.15) is 0 Å². The summed E-state index contributed by atoms with van der Waals surface area (Å²) in [4.78, 5) is 33.4. The molecule has 0 aromatic carbocycles. The standard InChI is InChI=1S/C36H64FN3O10/c1-19-14-35(7,45)30(50-32-27(41)25(38(9)10)13-20(2)47-32)21(3)28(49-26-16-36(8,46-12)29(42)23(5)48-26)22(4)31(43)40-18-24(37)15-34(40,6)33(44)39(11)17-19/h19-30,32,41-42,45H,13-18H2,1-12H3/t19-,20-,21+,22-,23+,24-,25+,26+,27-,28+,29+,30-,32+,34?,35-,36-/m1/s1. The van der Waals surface area contributed by atoms with Gasteiger partial charge in [0, 0.05) is 45.5 Å². The molecular formula is C36H64FN3O10. The molecule has 0 radical (unpaired) electrons. The number of ether oxygens (including phenoxy) is 5. The molecule has 4 fully saturated rings. The van der Waals surface area contributed by atoms with Gasteiger partial charge in [-0.1, -0.05) is 20.8 Å². The largest absolute Gasteiger partial charge is 0.387 e. The van der Waals surface area contributed by atoms with Crippen LogP contribution in [0.1, 0.15) is 81.1 Å². The van der Waals surface area contributed by atoms with Crippen LogP contribution in [0.15, 0.2) is 0 Å². The maximum absolute atomic E-state index is 15.2. The van der Waals surface area contributed by atoms with Crippen molar-refractivity contribution >= 4 is 11.8 Å². The van der Waals surface area contributed by atoms with Gasteiger partial charge in [-0.15, -0.1) is 0 Å². The van der Waals surface area contributed by atoms with Crippen LogP contribution in [0.4, 0.5) is 4.39 Å². The number of hydrogen-bond acceptors (Lipinski definition) is 11. The van der Waals surface area contributed by atoms with Gasteiger partial charge in [0.2, 0.25) is 11.8 Å². The number of methoxy groups -OCH3 is 1. The molecular weight excluding hydrogens is 653 g/mol. The van der Waals surface area contributed by atoms with E-state index in [0.29, 0.717) is 6.42 Å². The van der Waals surface area contributed by atoms with E-state index in [1.807, 2.05) is 39.8 Å². The van der Waals surface area contributed by atoms with Gasteiger partial charge < -0.3 is 53.7 Å². The maximum atomic E-state index is 15.2. The molecule has 0 spiro atoms. The lowest BCUT2D eigenvalue weighted by molar-refractivity contribution is -0.317. The Bertz CT molecular complexity index is 1200. The van der Waals surface area contributed by atoms with Crippen LogP contribution in [0.5, 0.6) is 0 Å². The molecule has 290 valence electrons. The lowest BCUT2D eigenvalue weighted by Crippen LogP contribution is -2.61. The number of hydrogen-bond donors (Lipinski definition) is 3. The van der Waals surface area contributed by atoms with Gasteiger partial charge in [0.25, 0.3) is 0 Å². The summed E-state index contributed by atoms with van der Waals surface area (Å²) >= 11 is 0. The lowest BCUT2D eigenvalue weighted by Gasteiger charge is -2.49. The summed E-state index contributed by atoms with van der Waals surface area (Å²) < 4.78 is 46.7. The number of amides is 2. The summed E-state index contributed by atoms with van der Waals surface area (Å²) in [6.45, 7) is 14.0. The molecule has 14 heteroatoms. The van der Waals surface area contributed by atoms with Gasteiger partial charge in [-0.25, -0.2) is 4.39 Å². The number of carbonyl (C=O) groups excluding carboxylic acids is 2. The van der Waals surface area contributed by atoms with Crippen LogP contribution in [0.2, 0.25) is 0 Å². The van der Waals surface area contributed by atoms with Crippen LogP contribution in [0.25, 0.3) is 0 Å². The van der Waals surface area contributed by atoms with Crippen molar-refractivity contribution in [3.05, 3.63) is 0 Å². The molecule has 4 rings (SSSR count). The van der Waals surface area contributed by atoms with Crippen molar-refractivity contribution < 1.29 is 53.0 Å². The second-order valence-corrected chi connectivity index (χ2v) is 16.7. The van der Waals surface area contributed by atoms with Crippen molar-refractivity contribution in [2.75, 3.05) is 41.3 Å². The SMILES string of the molecule is CO[C@]1(C)C[C@H](O[C@H]2[C@H](C)[C@@H](O[C@@H]3O[C@H](C)C[C@H](N(C)C)[C@H]3O)[C@](C)(O)C[C@@H](C)CN(C)C(=O)C3(C)C[C@@H](F)CN3C(=O)[C@@H]2C)O[C@@H](C)[C@@H]1O. The predicted molar refractivity (Wildman–Crippen MR) is 183 cm³/mol. The zero-order chi connectivity index (χ0) is 37.7. The van der Waals surface area contributed by atoms with Crippen molar-refractivity contribution in [1.29, 1.82) is 0 Å². The molecule has 0 bridgehead atoms. The molecule has 4 aliphatic rings. The number of likely N-dealkylation sites (N-methyl/N-ethyl adjacent to an activating group) is 2. The highest BCUT2D eigenvalue weighted by molar-refractivity contribution is 5.92. The number of fused-ring (bicyclic) bond motifs is 1. The minimum atomic E-state index is -1.57. The smallest absolute Gasteiger partial charge is 0.248 e. The van der Waals surface area contributed by atoms with E-state index in [4.69, 9.17) is 23.7 Å². The molecule has 4 aliphatic heterocycles. The maximum Gasteiger partial charge on any atom is 0.248 e. The first-order valence-electron chi connectivity index (χ1n) is 18.2. The molecule has 1 unspecified atom stereocenters. The Labute approximate surface area is 297 Å². The minimum Gasteiger partial charge on any atom is -0.387 e. The molecule has 2 amide bonds. The van der Waals surface area contributed by atoms with E-state index in [9.17, 15) is 24.9 Å². The molecule has 16 atom stereocenters. The minimum absolute atomic E-state index is 0.127. The van der Waals surface area contributed by atoms with Gasteiger partial charge in [0.05, 0.1) is 48.1 Å². The lowest BCUT2D eigenvalue weighted by atomic mass is 9.77. The molecule has 13 nitrogen and oxygen atoms in total. The Hall–Kier alpha value is -1.49. The molecule has 4 heterocycles. The van der Waals surface area contributed by atoms with Crippen molar-refractivity contribution in [2.45, 2.75) is 159 Å². The van der Waals surface area contributed by atoms with E-state index in [1.165, 1.54) is 16.9 Å². The topological polar surface area (TPSA) is 151 Å². The zero-order valence-corrected chi connectivity index (χ0v) is 32.2. The van der Waals surface area contributed by atoms with Crippen molar-refractivity contribution in [2.24, 2.45) is 17.8 Å². The van der Waals surface area contributed by atoms with Gasteiger partial charge in [-0.05, 0) is 67.5 Å². The summed E-state index contributed by atoms with van der Waals surface area (Å²) in [6.07, 6.45) is -7.70. The van der Waals surface area contributed by atoms with Crippen LogP contribution >= 0.6 is 0 Å². The monoisotopic (exact) mass is 717 g/mol. The average Bonchev–Trinajstić information content (AvgIpc) is 3.34. The fourth-order valence-electron chi connectivity index (χ4n) is 9.05. The Morgan fingerprint density at radius 3 is 2.20 bits per heavy atom. The van der Waals surface area contributed by atoms with E-state index in [-0.39, 0.29) is 56.3 Å². The number of halogens is 1. The molecule has 3 N–H and O–H groups in total. The predicted octanol–water partition coefficient (Wildman–Crippen LogP) is 1.93. The van der Waals surface area contributed by atoms with Gasteiger partial charge in [0.15, 0.2) is 12.6 Å². The molecule has 50 heavy (non-hydrogen) atoms. The molecule has 0 aliphatic carbocycles. The van der Waals surface area contributed by atoms with Crippen molar-refractivity contribution in [1.82, 2.24) is 14.7 Å². The Balaban J connectivity index is 1.83. The van der Waals surface area contributed by atoms with Gasteiger partial charge in [-0.3, -0.25) is 9.59 Å². The van der Waals surface area contributed by atoms with Crippen LogP contribution < -0.4 is 0 Å². The Morgan fingerprint density at radius 1 is 0.960 bits per heavy atom. The van der Waals surface area contributed by atoms with E-state index < -0.39 is 83.8 Å². The fourth-order valence-corrected chi connectivity index (χ4v) is 9.05. The number of carbonyl (C=O) groups is 2. The zero-order valence-electron chi connectivity index (χ0n) is 32.2.